The zero-order chi connectivity index (χ0) is 19.9. The van der Waals surface area contributed by atoms with Crippen molar-refractivity contribution in [1.29, 1.82) is 0 Å². The van der Waals surface area contributed by atoms with Gasteiger partial charge in [0, 0.05) is 50.3 Å². The number of rotatable bonds is 7. The zero-order valence-corrected chi connectivity index (χ0v) is 18.0. The predicted octanol–water partition coefficient (Wildman–Crippen LogP) is 3.15. The highest BCUT2D eigenvalue weighted by Crippen LogP contribution is 2.16. The minimum atomic E-state index is -0.0477. The molecule has 1 heterocycles. The molecular formula is C22H39N5. The molecule has 2 rings (SSSR count). The number of likely N-dealkylation sites (tertiary alicyclic amines) is 1. The first kappa shape index (κ1) is 21.7. The van der Waals surface area contributed by atoms with Crippen LogP contribution in [0.4, 0.5) is 0 Å². The number of nitrogens with one attached hydrogen (secondary N) is 3. The monoisotopic (exact) mass is 373 g/mol. The van der Waals surface area contributed by atoms with E-state index >= 15 is 0 Å². The minimum Gasteiger partial charge on any atom is -0.355 e. The van der Waals surface area contributed by atoms with Gasteiger partial charge >= 0.3 is 0 Å². The van der Waals surface area contributed by atoms with Crippen LogP contribution in [0.15, 0.2) is 35.3 Å². The maximum Gasteiger partial charge on any atom is 0.191 e. The van der Waals surface area contributed by atoms with Crippen molar-refractivity contribution in [2.75, 3.05) is 26.7 Å². The quantitative estimate of drug-likeness (QED) is 0.508. The molecule has 1 fully saturated rings. The molecule has 0 aliphatic carbocycles. The summed E-state index contributed by atoms with van der Waals surface area (Å²) in [6.07, 6.45) is 2.34. The lowest BCUT2D eigenvalue weighted by molar-refractivity contribution is 0.167. The van der Waals surface area contributed by atoms with Crippen molar-refractivity contribution in [2.45, 2.75) is 71.1 Å². The van der Waals surface area contributed by atoms with Crippen LogP contribution in [0, 0.1) is 0 Å². The van der Waals surface area contributed by atoms with E-state index in [1.54, 1.807) is 0 Å². The third-order valence-electron chi connectivity index (χ3n) is 5.43. The van der Waals surface area contributed by atoms with Crippen molar-refractivity contribution in [1.82, 2.24) is 20.9 Å². The summed E-state index contributed by atoms with van der Waals surface area (Å²) in [4.78, 5) is 6.98. The van der Waals surface area contributed by atoms with Gasteiger partial charge in [-0.05, 0) is 53.0 Å². The van der Waals surface area contributed by atoms with Crippen LogP contribution in [-0.4, -0.2) is 55.2 Å². The van der Waals surface area contributed by atoms with Gasteiger partial charge in [-0.25, -0.2) is 0 Å². The summed E-state index contributed by atoms with van der Waals surface area (Å²) in [5.41, 5.74) is 1.26. The highest BCUT2D eigenvalue weighted by Gasteiger charge is 2.24. The fourth-order valence-corrected chi connectivity index (χ4v) is 3.72. The van der Waals surface area contributed by atoms with E-state index in [9.17, 15) is 0 Å². The Hall–Kier alpha value is -1.59. The highest BCUT2D eigenvalue weighted by molar-refractivity contribution is 5.80. The standard InChI is InChI=1S/C22H39N5/c1-17(2)27-14-12-20(13-15-27)25-21(23-6)24-16-22(4,5)26-18(3)19-10-8-7-9-11-19/h7-11,17-18,20,26H,12-16H2,1-6H3,(H2,23,24,25). The molecule has 152 valence electrons. The van der Waals surface area contributed by atoms with Crippen molar-refractivity contribution in [3.05, 3.63) is 35.9 Å². The molecule has 1 aromatic carbocycles. The lowest BCUT2D eigenvalue weighted by atomic mass is 10.0. The Morgan fingerprint density at radius 2 is 1.78 bits per heavy atom. The van der Waals surface area contributed by atoms with Crippen LogP contribution in [0.1, 0.15) is 59.1 Å². The Bertz CT molecular complexity index is 574. The molecule has 0 saturated carbocycles. The molecule has 0 amide bonds. The van der Waals surface area contributed by atoms with Crippen molar-refractivity contribution in [3.8, 4) is 0 Å². The van der Waals surface area contributed by atoms with Crippen LogP contribution in [0.5, 0.6) is 0 Å². The summed E-state index contributed by atoms with van der Waals surface area (Å²) in [6, 6.07) is 12.0. The molecule has 0 bridgehead atoms. The number of nitrogens with zero attached hydrogens (tertiary/aromatic N) is 2. The summed E-state index contributed by atoms with van der Waals surface area (Å²) in [6.45, 7) is 14.4. The lowest BCUT2D eigenvalue weighted by Crippen LogP contribution is -2.54. The van der Waals surface area contributed by atoms with Gasteiger partial charge in [-0.2, -0.15) is 0 Å². The average molecular weight is 374 g/mol. The number of aliphatic imine (C=N–C) groups is 1. The molecule has 5 heteroatoms. The third kappa shape index (κ3) is 7.15. The molecule has 1 atom stereocenters. The summed E-state index contributed by atoms with van der Waals surface area (Å²) in [5, 5.41) is 10.8. The van der Waals surface area contributed by atoms with Gasteiger partial charge in [0.25, 0.3) is 0 Å². The lowest BCUT2D eigenvalue weighted by Gasteiger charge is -2.36. The van der Waals surface area contributed by atoms with E-state index in [0.29, 0.717) is 18.1 Å². The first-order chi connectivity index (χ1) is 12.8. The number of benzene rings is 1. The van der Waals surface area contributed by atoms with Gasteiger partial charge in [-0.1, -0.05) is 30.3 Å². The Morgan fingerprint density at radius 3 is 2.33 bits per heavy atom. The summed E-state index contributed by atoms with van der Waals surface area (Å²) in [7, 11) is 1.85. The van der Waals surface area contributed by atoms with Gasteiger partial charge in [0.1, 0.15) is 0 Å². The maximum absolute atomic E-state index is 4.43. The van der Waals surface area contributed by atoms with Crippen LogP contribution < -0.4 is 16.0 Å². The molecule has 1 aromatic rings. The fraction of sp³-hybridized carbons (Fsp3) is 0.682. The van der Waals surface area contributed by atoms with Gasteiger partial charge in [-0.3, -0.25) is 4.99 Å². The van der Waals surface area contributed by atoms with E-state index in [-0.39, 0.29) is 5.54 Å². The number of hydrogen-bond donors (Lipinski definition) is 3. The normalized spacial score (nSPS) is 18.6. The molecule has 1 saturated heterocycles. The molecular weight excluding hydrogens is 334 g/mol. The maximum atomic E-state index is 4.43. The molecule has 0 aromatic heterocycles. The van der Waals surface area contributed by atoms with Crippen LogP contribution in [0.25, 0.3) is 0 Å². The van der Waals surface area contributed by atoms with E-state index < -0.39 is 0 Å². The van der Waals surface area contributed by atoms with Crippen molar-refractivity contribution in [2.24, 2.45) is 4.99 Å². The van der Waals surface area contributed by atoms with Gasteiger partial charge in [0.15, 0.2) is 5.96 Å². The van der Waals surface area contributed by atoms with E-state index in [4.69, 9.17) is 0 Å². The Balaban J connectivity index is 1.79. The Labute approximate surface area is 166 Å². The van der Waals surface area contributed by atoms with Gasteiger partial charge in [0.2, 0.25) is 0 Å². The first-order valence-corrected chi connectivity index (χ1v) is 10.3. The van der Waals surface area contributed by atoms with Crippen molar-refractivity contribution < 1.29 is 0 Å². The van der Waals surface area contributed by atoms with Crippen LogP contribution in [0.3, 0.4) is 0 Å². The molecule has 27 heavy (non-hydrogen) atoms. The molecule has 3 N–H and O–H groups in total. The third-order valence-corrected chi connectivity index (χ3v) is 5.43. The van der Waals surface area contributed by atoms with Crippen molar-refractivity contribution in [3.63, 3.8) is 0 Å². The largest absolute Gasteiger partial charge is 0.355 e. The summed E-state index contributed by atoms with van der Waals surface area (Å²) >= 11 is 0. The van der Waals surface area contributed by atoms with Crippen LogP contribution in [0.2, 0.25) is 0 Å². The molecule has 0 spiro atoms. The molecule has 1 aliphatic rings. The zero-order valence-electron chi connectivity index (χ0n) is 18.0. The second kappa shape index (κ2) is 10.1. The highest BCUT2D eigenvalue weighted by atomic mass is 15.2. The first-order valence-electron chi connectivity index (χ1n) is 10.3. The molecule has 1 unspecified atom stereocenters. The average Bonchev–Trinajstić information content (AvgIpc) is 2.65. The van der Waals surface area contributed by atoms with Crippen molar-refractivity contribution >= 4 is 5.96 Å². The Morgan fingerprint density at radius 1 is 1.15 bits per heavy atom. The van der Waals surface area contributed by atoms with Gasteiger partial charge in [-0.15, -0.1) is 0 Å². The van der Waals surface area contributed by atoms with Gasteiger partial charge < -0.3 is 20.9 Å². The second-order valence-electron chi connectivity index (χ2n) is 8.63. The van der Waals surface area contributed by atoms with E-state index in [1.807, 2.05) is 7.05 Å². The topological polar surface area (TPSA) is 51.7 Å². The summed E-state index contributed by atoms with van der Waals surface area (Å²) in [5.74, 6) is 0.903. The van der Waals surface area contributed by atoms with Gasteiger partial charge in [0.05, 0.1) is 0 Å². The smallest absolute Gasteiger partial charge is 0.191 e. The summed E-state index contributed by atoms with van der Waals surface area (Å²) < 4.78 is 0. The number of hydrogen-bond acceptors (Lipinski definition) is 3. The van der Waals surface area contributed by atoms with E-state index in [2.05, 4.69) is 90.8 Å². The second-order valence-corrected chi connectivity index (χ2v) is 8.63. The van der Waals surface area contributed by atoms with Crippen LogP contribution in [-0.2, 0) is 0 Å². The molecule has 5 nitrogen and oxygen atoms in total. The predicted molar refractivity (Wildman–Crippen MR) is 116 cm³/mol. The SMILES string of the molecule is CN=C(NCC(C)(C)NC(C)c1ccccc1)NC1CCN(C(C)C)CC1. The van der Waals surface area contributed by atoms with Crippen LogP contribution >= 0.6 is 0 Å². The molecule has 1 aliphatic heterocycles. The number of guanidine groups is 1. The molecule has 0 radical (unpaired) electrons. The van der Waals surface area contributed by atoms with E-state index in [1.165, 1.54) is 18.4 Å². The fourth-order valence-electron chi connectivity index (χ4n) is 3.72. The minimum absolute atomic E-state index is 0.0477. The Kier molecular flexibility index (Phi) is 8.11. The number of piperidine rings is 1. The van der Waals surface area contributed by atoms with E-state index in [0.717, 1.165) is 25.6 Å².